The van der Waals surface area contributed by atoms with E-state index in [1.165, 1.54) is 11.0 Å². The number of alkyl halides is 1. The van der Waals surface area contributed by atoms with Crippen LogP contribution in [-0.2, 0) is 10.7 Å². The van der Waals surface area contributed by atoms with E-state index < -0.39 is 0 Å². The van der Waals surface area contributed by atoms with E-state index >= 15 is 0 Å². The minimum Gasteiger partial charge on any atom is -0.484 e. The molecule has 0 fully saturated rings. The van der Waals surface area contributed by atoms with Gasteiger partial charge < -0.3 is 14.1 Å². The van der Waals surface area contributed by atoms with Gasteiger partial charge in [-0.2, -0.15) is 0 Å². The smallest absolute Gasteiger partial charge is 0.259 e. The lowest BCUT2D eigenvalue weighted by atomic mass is 10.2. The van der Waals surface area contributed by atoms with Gasteiger partial charge >= 0.3 is 0 Å². The maximum Gasteiger partial charge on any atom is 0.259 e. The van der Waals surface area contributed by atoms with Crippen LogP contribution in [0.5, 0.6) is 5.75 Å². The van der Waals surface area contributed by atoms with Crippen LogP contribution in [0.15, 0.2) is 33.5 Å². The molecule has 5 nitrogen and oxygen atoms in total. The molecule has 20 heavy (non-hydrogen) atoms. The van der Waals surface area contributed by atoms with Crippen molar-refractivity contribution in [2.45, 2.75) is 5.88 Å². The summed E-state index contributed by atoms with van der Waals surface area (Å²) in [6, 6.07) is 6.18. The maximum atomic E-state index is 11.8. The zero-order valence-electron chi connectivity index (χ0n) is 11.2. The van der Waals surface area contributed by atoms with E-state index in [1.807, 2.05) is 0 Å². The predicted molar refractivity (Wildman–Crippen MR) is 76.2 cm³/mol. The largest absolute Gasteiger partial charge is 0.484 e. The fourth-order valence-electron chi connectivity index (χ4n) is 1.62. The van der Waals surface area contributed by atoms with E-state index in [-0.39, 0.29) is 23.8 Å². The van der Waals surface area contributed by atoms with Crippen molar-refractivity contribution in [2.24, 2.45) is 0 Å². The minimum absolute atomic E-state index is 0.0715. The third-order valence-corrected chi connectivity index (χ3v) is 3.01. The van der Waals surface area contributed by atoms with E-state index in [4.69, 9.17) is 20.8 Å². The number of halogens is 1. The first-order valence-electron chi connectivity index (χ1n) is 5.97. The number of carbonyl (C=O) groups excluding carboxylic acids is 1. The topological polar surface area (TPSA) is 59.8 Å². The van der Waals surface area contributed by atoms with Crippen molar-refractivity contribution < 1.29 is 13.9 Å². The minimum atomic E-state index is -0.155. The average Bonchev–Trinajstić information content (AvgIpc) is 2.43. The number of hydrogen-bond donors (Lipinski definition) is 0. The Bertz CT molecular complexity index is 693. The molecule has 0 aliphatic carbocycles. The Morgan fingerprint density at radius 3 is 2.75 bits per heavy atom. The molecule has 1 amide bonds. The first-order chi connectivity index (χ1) is 9.51. The third kappa shape index (κ3) is 3.11. The highest BCUT2D eigenvalue weighted by atomic mass is 35.5. The number of rotatable bonds is 4. The highest BCUT2D eigenvalue weighted by molar-refractivity contribution is 6.16. The first-order valence-corrected chi connectivity index (χ1v) is 6.50. The lowest BCUT2D eigenvalue weighted by Gasteiger charge is -2.11. The Kier molecular flexibility index (Phi) is 4.29. The van der Waals surface area contributed by atoms with E-state index in [2.05, 4.69) is 0 Å². The van der Waals surface area contributed by atoms with Crippen LogP contribution in [0.1, 0.15) is 5.76 Å². The third-order valence-electron chi connectivity index (χ3n) is 2.74. The van der Waals surface area contributed by atoms with Gasteiger partial charge in [-0.3, -0.25) is 9.59 Å². The van der Waals surface area contributed by atoms with Crippen molar-refractivity contribution in [1.82, 2.24) is 4.90 Å². The molecular weight excluding hydrogens is 282 g/mol. The van der Waals surface area contributed by atoms with Gasteiger partial charge in [0.05, 0.1) is 11.3 Å². The molecule has 0 spiro atoms. The second kappa shape index (κ2) is 5.96. The van der Waals surface area contributed by atoms with Crippen LogP contribution in [0.3, 0.4) is 0 Å². The summed E-state index contributed by atoms with van der Waals surface area (Å²) in [5, 5.41) is 0.449. The predicted octanol–water partition coefficient (Wildman–Crippen LogP) is 2.00. The molecule has 0 saturated heterocycles. The molecule has 0 bridgehead atoms. The van der Waals surface area contributed by atoms with Gasteiger partial charge in [0.1, 0.15) is 17.1 Å². The van der Waals surface area contributed by atoms with E-state index in [1.54, 1.807) is 32.3 Å². The summed E-state index contributed by atoms with van der Waals surface area (Å²) in [5.74, 6) is 0.823. The van der Waals surface area contributed by atoms with Gasteiger partial charge in [0.25, 0.3) is 5.91 Å². The quantitative estimate of drug-likeness (QED) is 0.810. The van der Waals surface area contributed by atoms with Crippen LogP contribution in [0.2, 0.25) is 0 Å². The van der Waals surface area contributed by atoms with Gasteiger partial charge in [0.15, 0.2) is 12.0 Å². The lowest BCUT2D eigenvalue weighted by molar-refractivity contribution is -0.130. The summed E-state index contributed by atoms with van der Waals surface area (Å²) in [6.07, 6.45) is 0. The van der Waals surface area contributed by atoms with Crippen LogP contribution in [-0.4, -0.2) is 31.5 Å². The second-order valence-corrected chi connectivity index (χ2v) is 4.71. The molecule has 2 aromatic rings. The molecule has 0 saturated carbocycles. The zero-order chi connectivity index (χ0) is 14.7. The number of likely N-dealkylation sites (N-methyl/N-ethyl adjacent to an activating group) is 1. The summed E-state index contributed by atoms with van der Waals surface area (Å²) in [7, 11) is 3.30. The molecule has 0 atom stereocenters. The molecule has 0 aliphatic heterocycles. The normalized spacial score (nSPS) is 10.6. The number of nitrogens with zero attached hydrogens (tertiary/aromatic N) is 1. The van der Waals surface area contributed by atoms with Gasteiger partial charge in [-0.05, 0) is 12.1 Å². The van der Waals surface area contributed by atoms with Crippen LogP contribution in [0.4, 0.5) is 0 Å². The van der Waals surface area contributed by atoms with E-state index in [0.29, 0.717) is 22.5 Å². The van der Waals surface area contributed by atoms with Crippen molar-refractivity contribution >= 4 is 28.5 Å². The Balaban J connectivity index is 2.29. The molecule has 106 valence electrons. The Hall–Kier alpha value is -2.01. The zero-order valence-corrected chi connectivity index (χ0v) is 11.9. The van der Waals surface area contributed by atoms with Crippen molar-refractivity contribution in [1.29, 1.82) is 0 Å². The summed E-state index contributed by atoms with van der Waals surface area (Å²) in [5.41, 5.74) is 0.237. The number of hydrogen-bond acceptors (Lipinski definition) is 4. The van der Waals surface area contributed by atoms with Crippen LogP contribution in [0.25, 0.3) is 11.0 Å². The molecule has 1 aromatic heterocycles. The SMILES string of the molecule is CN(C)C(=O)COc1ccc2c(=O)cc(CCl)oc2c1. The molecule has 0 N–H and O–H groups in total. The number of ether oxygens (including phenoxy) is 1. The van der Waals surface area contributed by atoms with Gasteiger partial charge in [0.2, 0.25) is 0 Å². The number of amides is 1. The summed E-state index contributed by atoms with van der Waals surface area (Å²) in [4.78, 5) is 24.7. The van der Waals surface area contributed by atoms with Gasteiger partial charge in [-0.1, -0.05) is 0 Å². The van der Waals surface area contributed by atoms with Crippen LogP contribution < -0.4 is 10.2 Å². The molecule has 6 heteroatoms. The monoisotopic (exact) mass is 295 g/mol. The molecule has 1 aromatic carbocycles. The van der Waals surface area contributed by atoms with Gasteiger partial charge in [0, 0.05) is 26.2 Å². The number of benzene rings is 1. The van der Waals surface area contributed by atoms with Crippen LogP contribution >= 0.6 is 11.6 Å². The molecule has 0 unspecified atom stereocenters. The van der Waals surface area contributed by atoms with Crippen molar-refractivity contribution in [3.63, 3.8) is 0 Å². The van der Waals surface area contributed by atoms with E-state index in [0.717, 1.165) is 0 Å². The molecule has 2 rings (SSSR count). The average molecular weight is 296 g/mol. The lowest BCUT2D eigenvalue weighted by Crippen LogP contribution is -2.27. The van der Waals surface area contributed by atoms with Crippen molar-refractivity contribution in [3.8, 4) is 5.75 Å². The molecular formula is C14H14ClNO4. The van der Waals surface area contributed by atoms with Gasteiger partial charge in [-0.15, -0.1) is 11.6 Å². The number of carbonyl (C=O) groups is 1. The Morgan fingerprint density at radius 2 is 2.10 bits per heavy atom. The fraction of sp³-hybridized carbons (Fsp3) is 0.286. The fourth-order valence-corrected chi connectivity index (χ4v) is 1.75. The van der Waals surface area contributed by atoms with E-state index in [9.17, 15) is 9.59 Å². The summed E-state index contributed by atoms with van der Waals surface area (Å²) >= 11 is 5.66. The Morgan fingerprint density at radius 1 is 1.35 bits per heavy atom. The molecule has 1 heterocycles. The molecule has 0 aliphatic rings. The number of fused-ring (bicyclic) bond motifs is 1. The standard InChI is InChI=1S/C14H14ClNO4/c1-16(2)14(18)8-19-9-3-4-11-12(17)5-10(7-15)20-13(11)6-9/h3-6H,7-8H2,1-2H3. The van der Waals surface area contributed by atoms with Crippen LogP contribution in [0, 0.1) is 0 Å². The van der Waals surface area contributed by atoms with Crippen molar-refractivity contribution in [2.75, 3.05) is 20.7 Å². The first kappa shape index (κ1) is 14.4. The highest BCUT2D eigenvalue weighted by Gasteiger charge is 2.08. The summed E-state index contributed by atoms with van der Waals surface area (Å²) in [6.45, 7) is -0.0715. The highest BCUT2D eigenvalue weighted by Crippen LogP contribution is 2.20. The Labute approximate surface area is 120 Å². The van der Waals surface area contributed by atoms with Gasteiger partial charge in [-0.25, -0.2) is 0 Å². The second-order valence-electron chi connectivity index (χ2n) is 4.45. The molecule has 0 radical (unpaired) electrons. The maximum absolute atomic E-state index is 11.8. The summed E-state index contributed by atoms with van der Waals surface area (Å²) < 4.78 is 10.8. The van der Waals surface area contributed by atoms with Crippen molar-refractivity contribution in [3.05, 3.63) is 40.2 Å².